The molecule has 1 aromatic carbocycles. The Labute approximate surface area is 125 Å². The van der Waals surface area contributed by atoms with E-state index in [-0.39, 0.29) is 24.1 Å². The summed E-state index contributed by atoms with van der Waals surface area (Å²) in [6.07, 6.45) is -0.0564. The van der Waals surface area contributed by atoms with Crippen molar-refractivity contribution >= 4 is 21.9 Å². The van der Waals surface area contributed by atoms with Crippen LogP contribution in [0, 0.1) is 6.92 Å². The fourth-order valence-electron chi connectivity index (χ4n) is 1.49. The second-order valence-corrected chi connectivity index (χ2v) is 5.35. The van der Waals surface area contributed by atoms with Crippen molar-refractivity contribution in [2.45, 2.75) is 26.9 Å². The molecule has 1 heterocycles. The van der Waals surface area contributed by atoms with Gasteiger partial charge >= 0.3 is 12.0 Å². The minimum Gasteiger partial charge on any atom is -0.461 e. The van der Waals surface area contributed by atoms with Crippen LogP contribution >= 0.6 is 15.9 Å². The number of aryl methyl sites for hydroxylation is 1. The Hall–Kier alpha value is -1.89. The number of nitrogen functional groups attached to an aromatic ring is 1. The Morgan fingerprint density at radius 3 is 2.50 bits per heavy atom. The molecule has 6 nitrogen and oxygen atoms in total. The van der Waals surface area contributed by atoms with Crippen molar-refractivity contribution in [3.05, 3.63) is 28.2 Å². The molecule has 2 rings (SSSR count). The molecule has 0 bridgehead atoms. The lowest BCUT2D eigenvalue weighted by molar-refractivity contribution is 0.218. The molecule has 0 unspecified atom stereocenters. The number of ether oxygens (including phenoxy) is 2. The van der Waals surface area contributed by atoms with Gasteiger partial charge in [0.15, 0.2) is 0 Å². The maximum absolute atomic E-state index is 5.62. The number of anilines is 1. The van der Waals surface area contributed by atoms with Crippen LogP contribution in [0.2, 0.25) is 0 Å². The van der Waals surface area contributed by atoms with Crippen LogP contribution in [-0.4, -0.2) is 21.1 Å². The zero-order valence-electron chi connectivity index (χ0n) is 11.4. The van der Waals surface area contributed by atoms with Gasteiger partial charge in [-0.2, -0.15) is 9.97 Å². The van der Waals surface area contributed by atoms with E-state index in [0.717, 1.165) is 10.0 Å². The second kappa shape index (κ2) is 6.04. The van der Waals surface area contributed by atoms with Gasteiger partial charge in [0.1, 0.15) is 5.75 Å². The van der Waals surface area contributed by atoms with Crippen molar-refractivity contribution in [1.82, 2.24) is 15.0 Å². The average molecular weight is 339 g/mol. The molecule has 0 aliphatic carbocycles. The fourth-order valence-corrected chi connectivity index (χ4v) is 1.96. The van der Waals surface area contributed by atoms with Crippen LogP contribution in [0.15, 0.2) is 22.7 Å². The molecular formula is C13H15BrN4O2. The molecule has 0 saturated heterocycles. The van der Waals surface area contributed by atoms with Gasteiger partial charge in [0.05, 0.1) is 6.10 Å². The molecule has 1 aromatic heterocycles. The molecule has 0 aliphatic heterocycles. The van der Waals surface area contributed by atoms with Crippen molar-refractivity contribution in [1.29, 1.82) is 0 Å². The highest BCUT2D eigenvalue weighted by Gasteiger charge is 2.10. The van der Waals surface area contributed by atoms with Gasteiger partial charge in [0, 0.05) is 4.47 Å². The van der Waals surface area contributed by atoms with Gasteiger partial charge in [-0.25, -0.2) is 0 Å². The molecule has 0 atom stereocenters. The minimum atomic E-state index is -0.0564. The molecule has 2 aromatic rings. The number of hydrogen-bond acceptors (Lipinski definition) is 6. The first-order valence-electron chi connectivity index (χ1n) is 6.06. The highest BCUT2D eigenvalue weighted by atomic mass is 79.9. The number of aromatic nitrogens is 3. The van der Waals surface area contributed by atoms with Gasteiger partial charge in [0.25, 0.3) is 0 Å². The summed E-state index contributed by atoms with van der Waals surface area (Å²) in [4.78, 5) is 11.9. The van der Waals surface area contributed by atoms with Crippen molar-refractivity contribution in [2.24, 2.45) is 0 Å². The Balaban J connectivity index is 2.26. The summed E-state index contributed by atoms with van der Waals surface area (Å²) in [7, 11) is 0. The van der Waals surface area contributed by atoms with Crippen LogP contribution in [0.5, 0.6) is 17.8 Å². The second-order valence-electron chi connectivity index (χ2n) is 4.44. The average Bonchev–Trinajstić information content (AvgIpc) is 2.31. The monoisotopic (exact) mass is 338 g/mol. The van der Waals surface area contributed by atoms with Gasteiger partial charge in [-0.1, -0.05) is 15.9 Å². The first-order chi connectivity index (χ1) is 9.44. The molecule has 0 radical (unpaired) electrons. The molecule has 20 heavy (non-hydrogen) atoms. The first-order valence-corrected chi connectivity index (χ1v) is 6.85. The number of nitrogens with zero attached hydrogens (tertiary/aromatic N) is 3. The molecule has 0 saturated carbocycles. The van der Waals surface area contributed by atoms with E-state index in [0.29, 0.717) is 5.75 Å². The normalized spacial score (nSPS) is 10.7. The smallest absolute Gasteiger partial charge is 0.330 e. The van der Waals surface area contributed by atoms with Crippen LogP contribution in [0.25, 0.3) is 0 Å². The highest BCUT2D eigenvalue weighted by Crippen LogP contribution is 2.26. The Bertz CT molecular complexity index is 619. The molecular weight excluding hydrogens is 324 g/mol. The summed E-state index contributed by atoms with van der Waals surface area (Å²) >= 11 is 3.40. The first kappa shape index (κ1) is 14.5. The van der Waals surface area contributed by atoms with Crippen LogP contribution < -0.4 is 15.2 Å². The Morgan fingerprint density at radius 2 is 1.85 bits per heavy atom. The maximum Gasteiger partial charge on any atom is 0.330 e. The largest absolute Gasteiger partial charge is 0.461 e. The highest BCUT2D eigenvalue weighted by molar-refractivity contribution is 9.10. The fraction of sp³-hybridized carbons (Fsp3) is 0.308. The standard InChI is InChI=1S/C13H15BrN4O2/c1-7(2)19-12-16-11(15)17-13(18-12)20-10-5-4-9(14)6-8(10)3/h4-7H,1-3H3,(H2,15,16,17,18). The van der Waals surface area contributed by atoms with E-state index in [2.05, 4.69) is 30.9 Å². The van der Waals surface area contributed by atoms with Crippen LogP contribution in [0.4, 0.5) is 5.95 Å². The van der Waals surface area contributed by atoms with Crippen molar-refractivity contribution in [3.8, 4) is 17.8 Å². The molecule has 0 spiro atoms. The third-order valence-electron chi connectivity index (χ3n) is 2.29. The number of hydrogen-bond donors (Lipinski definition) is 1. The predicted octanol–water partition coefficient (Wildman–Crippen LogP) is 3.10. The van der Waals surface area contributed by atoms with Gasteiger partial charge in [-0.05, 0) is 44.5 Å². The zero-order chi connectivity index (χ0) is 14.7. The van der Waals surface area contributed by atoms with Gasteiger partial charge in [0.2, 0.25) is 5.95 Å². The van der Waals surface area contributed by atoms with Crippen LogP contribution in [-0.2, 0) is 0 Å². The molecule has 106 valence electrons. The van der Waals surface area contributed by atoms with E-state index >= 15 is 0 Å². The van der Waals surface area contributed by atoms with E-state index in [1.165, 1.54) is 0 Å². The van der Waals surface area contributed by atoms with E-state index in [9.17, 15) is 0 Å². The summed E-state index contributed by atoms with van der Waals surface area (Å²) < 4.78 is 12.0. The molecule has 0 amide bonds. The summed E-state index contributed by atoms with van der Waals surface area (Å²) in [5.74, 6) is 0.703. The van der Waals surface area contributed by atoms with Gasteiger partial charge in [-0.3, -0.25) is 0 Å². The molecule has 0 aliphatic rings. The molecule has 7 heteroatoms. The van der Waals surface area contributed by atoms with Crippen molar-refractivity contribution in [3.63, 3.8) is 0 Å². The zero-order valence-corrected chi connectivity index (χ0v) is 13.0. The van der Waals surface area contributed by atoms with E-state index < -0.39 is 0 Å². The number of benzene rings is 1. The van der Waals surface area contributed by atoms with Crippen LogP contribution in [0.3, 0.4) is 0 Å². The minimum absolute atomic E-state index is 0.0559. The maximum atomic E-state index is 5.62. The predicted molar refractivity (Wildman–Crippen MR) is 79.0 cm³/mol. The van der Waals surface area contributed by atoms with Gasteiger partial charge in [-0.15, -0.1) is 4.98 Å². The van der Waals surface area contributed by atoms with Crippen molar-refractivity contribution < 1.29 is 9.47 Å². The summed E-state index contributed by atoms with van der Waals surface area (Å²) in [5, 5.41) is 0. The topological polar surface area (TPSA) is 83.2 Å². The Kier molecular flexibility index (Phi) is 4.39. The molecule has 0 fully saturated rings. The number of rotatable bonds is 4. The molecule has 2 N–H and O–H groups in total. The lowest BCUT2D eigenvalue weighted by atomic mass is 10.2. The Morgan fingerprint density at radius 1 is 1.15 bits per heavy atom. The lowest BCUT2D eigenvalue weighted by Gasteiger charge is -2.10. The summed E-state index contributed by atoms with van der Waals surface area (Å²) in [6, 6.07) is 5.89. The van der Waals surface area contributed by atoms with E-state index in [1.807, 2.05) is 39.0 Å². The summed E-state index contributed by atoms with van der Waals surface area (Å²) in [6.45, 7) is 5.68. The number of nitrogens with two attached hydrogens (primary N) is 1. The van der Waals surface area contributed by atoms with E-state index in [1.54, 1.807) is 0 Å². The lowest BCUT2D eigenvalue weighted by Crippen LogP contribution is -2.11. The quantitative estimate of drug-likeness (QED) is 0.922. The van der Waals surface area contributed by atoms with Crippen molar-refractivity contribution in [2.75, 3.05) is 5.73 Å². The van der Waals surface area contributed by atoms with Crippen LogP contribution in [0.1, 0.15) is 19.4 Å². The third-order valence-corrected chi connectivity index (χ3v) is 2.78. The SMILES string of the molecule is Cc1cc(Br)ccc1Oc1nc(N)nc(OC(C)C)n1. The third kappa shape index (κ3) is 3.80. The van der Waals surface area contributed by atoms with E-state index in [4.69, 9.17) is 15.2 Å². The number of halogens is 1. The van der Waals surface area contributed by atoms with Gasteiger partial charge < -0.3 is 15.2 Å². The summed E-state index contributed by atoms with van der Waals surface area (Å²) in [5.41, 5.74) is 6.57.